The van der Waals surface area contributed by atoms with Crippen LogP contribution in [-0.2, 0) is 0 Å². The molecule has 1 amide bonds. The summed E-state index contributed by atoms with van der Waals surface area (Å²) < 4.78 is 30.2. The molecule has 0 spiro atoms. The number of rotatable bonds is 6. The highest BCUT2D eigenvalue weighted by atomic mass is 19.1. The summed E-state index contributed by atoms with van der Waals surface area (Å²) in [5.41, 5.74) is 4.08. The van der Waals surface area contributed by atoms with Crippen LogP contribution >= 0.6 is 0 Å². The summed E-state index contributed by atoms with van der Waals surface area (Å²) in [5, 5.41) is 0. The van der Waals surface area contributed by atoms with Crippen molar-refractivity contribution < 1.29 is 13.6 Å². The van der Waals surface area contributed by atoms with Gasteiger partial charge < -0.3 is 9.47 Å². The van der Waals surface area contributed by atoms with Crippen molar-refractivity contribution in [1.29, 1.82) is 0 Å². The highest BCUT2D eigenvalue weighted by molar-refractivity contribution is 5.97. The second-order valence-corrected chi connectivity index (χ2v) is 9.23. The van der Waals surface area contributed by atoms with E-state index in [1.807, 2.05) is 66.4 Å². The minimum Gasteiger partial charge on any atom is -0.336 e. The molecule has 4 aromatic rings. The molecule has 0 atom stereocenters. The van der Waals surface area contributed by atoms with Gasteiger partial charge in [-0.15, -0.1) is 0 Å². The number of aromatic nitrogens is 1. The Morgan fingerprint density at radius 3 is 2.22 bits per heavy atom. The summed E-state index contributed by atoms with van der Waals surface area (Å²) in [6.07, 6.45) is 4.27. The molecular formula is C31H29F2N3O. The Balaban J connectivity index is 1.36. The molecule has 0 unspecified atom stereocenters. The maximum absolute atomic E-state index is 14.9. The Morgan fingerprint density at radius 1 is 0.865 bits per heavy atom. The van der Waals surface area contributed by atoms with Gasteiger partial charge in [-0.05, 0) is 36.2 Å². The molecule has 3 aromatic carbocycles. The van der Waals surface area contributed by atoms with Crippen LogP contribution in [0, 0.1) is 18.6 Å². The molecule has 4 nitrogen and oxygen atoms in total. The van der Waals surface area contributed by atoms with Crippen molar-refractivity contribution in [2.45, 2.75) is 6.92 Å². The van der Waals surface area contributed by atoms with E-state index in [4.69, 9.17) is 0 Å². The van der Waals surface area contributed by atoms with Crippen LogP contribution in [0.5, 0.6) is 0 Å². The molecule has 1 fully saturated rings. The maximum atomic E-state index is 14.9. The third-order valence-electron chi connectivity index (χ3n) is 6.83. The molecule has 0 N–H and O–H groups in total. The lowest BCUT2D eigenvalue weighted by atomic mass is 10.1. The molecule has 37 heavy (non-hydrogen) atoms. The Labute approximate surface area is 216 Å². The number of piperazine rings is 1. The quantitative estimate of drug-likeness (QED) is 0.317. The average Bonchev–Trinajstić information content (AvgIpc) is 3.26. The molecule has 1 aliphatic heterocycles. The topological polar surface area (TPSA) is 28.5 Å². The third kappa shape index (κ3) is 5.39. The minimum absolute atomic E-state index is 0.0737. The van der Waals surface area contributed by atoms with Crippen LogP contribution in [-0.4, -0.2) is 53.0 Å². The highest BCUT2D eigenvalue weighted by Gasteiger charge is 2.27. The zero-order valence-electron chi connectivity index (χ0n) is 20.8. The van der Waals surface area contributed by atoms with Crippen molar-refractivity contribution in [2.75, 3.05) is 32.7 Å². The molecule has 1 aliphatic rings. The number of amides is 1. The van der Waals surface area contributed by atoms with E-state index < -0.39 is 11.6 Å². The molecule has 0 bridgehead atoms. The molecular weight excluding hydrogens is 468 g/mol. The van der Waals surface area contributed by atoms with Crippen molar-refractivity contribution in [2.24, 2.45) is 0 Å². The Hall–Kier alpha value is -4.03. The molecule has 0 radical (unpaired) electrons. The smallest absolute Gasteiger partial charge is 0.255 e. The fourth-order valence-electron chi connectivity index (χ4n) is 4.82. The molecule has 188 valence electrons. The zero-order chi connectivity index (χ0) is 25.8. The minimum atomic E-state index is -0.674. The molecule has 2 heterocycles. The number of nitrogens with zero attached hydrogens (tertiary/aromatic N) is 3. The van der Waals surface area contributed by atoms with Gasteiger partial charge in [0.25, 0.3) is 5.91 Å². The fraction of sp³-hybridized carbons (Fsp3) is 0.194. The molecule has 0 saturated carbocycles. The van der Waals surface area contributed by atoms with Crippen molar-refractivity contribution in [3.63, 3.8) is 0 Å². The van der Waals surface area contributed by atoms with E-state index in [-0.39, 0.29) is 11.6 Å². The van der Waals surface area contributed by atoms with Gasteiger partial charge in [-0.25, -0.2) is 8.78 Å². The normalized spacial score (nSPS) is 14.4. The van der Waals surface area contributed by atoms with E-state index in [1.54, 1.807) is 4.57 Å². The largest absolute Gasteiger partial charge is 0.336 e. The van der Waals surface area contributed by atoms with E-state index >= 15 is 0 Å². The average molecular weight is 498 g/mol. The summed E-state index contributed by atoms with van der Waals surface area (Å²) >= 11 is 0. The standard InChI is InChI=1S/C31H29F2N3O/c1-23-27(31(37)35-19-17-34(18-20-35)16-8-11-24-9-4-2-5-10-24)22-30(25-12-6-3-7-13-25)36(23)29-15-14-26(32)21-28(29)33/h2-15,21-22H,16-20H2,1H3/b11-8+. The van der Waals surface area contributed by atoms with Crippen LogP contribution in [0.25, 0.3) is 23.0 Å². The molecule has 0 aliphatic carbocycles. The third-order valence-corrected chi connectivity index (χ3v) is 6.83. The number of halogens is 2. The monoisotopic (exact) mass is 497 g/mol. The Morgan fingerprint density at radius 2 is 1.54 bits per heavy atom. The second kappa shape index (κ2) is 10.9. The van der Waals surface area contributed by atoms with Crippen molar-refractivity contribution in [3.05, 3.63) is 119 Å². The first-order valence-corrected chi connectivity index (χ1v) is 12.5. The van der Waals surface area contributed by atoms with Gasteiger partial charge in [0, 0.05) is 44.5 Å². The van der Waals surface area contributed by atoms with Crippen LogP contribution in [0.15, 0.2) is 91.0 Å². The summed E-state index contributed by atoms with van der Waals surface area (Å²) in [6, 6.07) is 25.1. The fourth-order valence-corrected chi connectivity index (χ4v) is 4.82. The van der Waals surface area contributed by atoms with Gasteiger partial charge in [0.15, 0.2) is 0 Å². The lowest BCUT2D eigenvalue weighted by Gasteiger charge is -2.34. The number of carbonyl (C=O) groups is 1. The van der Waals surface area contributed by atoms with Gasteiger partial charge in [-0.3, -0.25) is 9.69 Å². The summed E-state index contributed by atoms with van der Waals surface area (Å²) in [4.78, 5) is 17.8. The first-order valence-electron chi connectivity index (χ1n) is 12.5. The molecule has 1 aromatic heterocycles. The van der Waals surface area contributed by atoms with Crippen LogP contribution in [0.3, 0.4) is 0 Å². The van der Waals surface area contributed by atoms with E-state index in [9.17, 15) is 13.6 Å². The van der Waals surface area contributed by atoms with Crippen molar-refractivity contribution in [3.8, 4) is 16.9 Å². The van der Waals surface area contributed by atoms with E-state index in [0.29, 0.717) is 30.0 Å². The lowest BCUT2D eigenvalue weighted by Crippen LogP contribution is -2.48. The summed E-state index contributed by atoms with van der Waals surface area (Å²) in [7, 11) is 0. The summed E-state index contributed by atoms with van der Waals surface area (Å²) in [5.74, 6) is -1.39. The van der Waals surface area contributed by atoms with Gasteiger partial charge in [0.1, 0.15) is 11.6 Å². The van der Waals surface area contributed by atoms with Gasteiger partial charge in [0.2, 0.25) is 0 Å². The predicted octanol–water partition coefficient (Wildman–Crippen LogP) is 6.20. The van der Waals surface area contributed by atoms with Gasteiger partial charge in [-0.1, -0.05) is 72.8 Å². The summed E-state index contributed by atoms with van der Waals surface area (Å²) in [6.45, 7) is 5.44. The van der Waals surface area contributed by atoms with Gasteiger partial charge >= 0.3 is 0 Å². The van der Waals surface area contributed by atoms with Crippen LogP contribution < -0.4 is 0 Å². The number of carbonyl (C=O) groups excluding carboxylic acids is 1. The van der Waals surface area contributed by atoms with E-state index in [2.05, 4.69) is 29.2 Å². The highest BCUT2D eigenvalue weighted by Crippen LogP contribution is 2.31. The van der Waals surface area contributed by atoms with E-state index in [1.165, 1.54) is 17.7 Å². The van der Waals surface area contributed by atoms with Crippen molar-refractivity contribution >= 4 is 12.0 Å². The second-order valence-electron chi connectivity index (χ2n) is 9.23. The number of hydrogen-bond donors (Lipinski definition) is 0. The number of benzene rings is 3. The lowest BCUT2D eigenvalue weighted by molar-refractivity contribution is 0.0649. The Kier molecular flexibility index (Phi) is 7.28. The number of hydrogen-bond acceptors (Lipinski definition) is 2. The molecule has 5 rings (SSSR count). The van der Waals surface area contributed by atoms with E-state index in [0.717, 1.165) is 31.3 Å². The molecule has 6 heteroatoms. The van der Waals surface area contributed by atoms with Gasteiger partial charge in [0.05, 0.1) is 16.9 Å². The van der Waals surface area contributed by atoms with Crippen molar-refractivity contribution in [1.82, 2.24) is 14.4 Å². The first-order chi connectivity index (χ1) is 18.0. The van der Waals surface area contributed by atoms with Crippen LogP contribution in [0.4, 0.5) is 8.78 Å². The van der Waals surface area contributed by atoms with Crippen LogP contribution in [0.1, 0.15) is 21.6 Å². The zero-order valence-corrected chi connectivity index (χ0v) is 20.8. The SMILES string of the molecule is Cc1c(C(=O)N2CCN(C/C=C/c3ccccc3)CC2)cc(-c2ccccc2)n1-c1ccc(F)cc1F. The molecule has 1 saturated heterocycles. The maximum Gasteiger partial charge on any atom is 0.255 e. The first kappa shape index (κ1) is 24.7. The van der Waals surface area contributed by atoms with Crippen LogP contribution in [0.2, 0.25) is 0 Å². The van der Waals surface area contributed by atoms with Gasteiger partial charge in [-0.2, -0.15) is 0 Å². The predicted molar refractivity (Wildman–Crippen MR) is 144 cm³/mol. The Bertz CT molecular complexity index is 1410.